The van der Waals surface area contributed by atoms with Gasteiger partial charge < -0.3 is 13.9 Å². The highest BCUT2D eigenvalue weighted by atomic mass is 16.5. The van der Waals surface area contributed by atoms with Gasteiger partial charge in [-0.05, 0) is 31.0 Å². The number of oxazole rings is 1. The molecule has 0 aliphatic carbocycles. The molecule has 100 valence electrons. The van der Waals surface area contributed by atoms with Crippen LogP contribution in [0.1, 0.15) is 29.6 Å². The second-order valence-electron chi connectivity index (χ2n) is 4.78. The summed E-state index contributed by atoms with van der Waals surface area (Å²) in [7, 11) is 0. The van der Waals surface area contributed by atoms with Gasteiger partial charge in [0, 0.05) is 12.5 Å². The minimum absolute atomic E-state index is 0.361. The summed E-state index contributed by atoms with van der Waals surface area (Å²) in [6.07, 6.45) is 2.80. The standard InChI is InChI=1S/C15H17NO3/c1-11-8-16-15(19-11)10-18-14-4-2-12(3-5-14)13-6-7-17-9-13/h2-5,8,13H,6-7,9-10H2,1H3/t13-/m0/s1. The molecule has 2 aromatic rings. The average Bonchev–Trinajstić information content (AvgIpc) is 3.08. The molecule has 1 atom stereocenters. The van der Waals surface area contributed by atoms with Crippen molar-refractivity contribution in [3.8, 4) is 5.75 Å². The lowest BCUT2D eigenvalue weighted by Crippen LogP contribution is -1.98. The van der Waals surface area contributed by atoms with Gasteiger partial charge in [-0.3, -0.25) is 0 Å². The average molecular weight is 259 g/mol. The molecular formula is C15H17NO3. The van der Waals surface area contributed by atoms with Crippen LogP contribution >= 0.6 is 0 Å². The van der Waals surface area contributed by atoms with Crippen molar-refractivity contribution < 1.29 is 13.9 Å². The van der Waals surface area contributed by atoms with Gasteiger partial charge in [0.2, 0.25) is 5.89 Å². The van der Waals surface area contributed by atoms with E-state index >= 15 is 0 Å². The Balaban J connectivity index is 1.59. The van der Waals surface area contributed by atoms with Gasteiger partial charge in [-0.1, -0.05) is 12.1 Å². The van der Waals surface area contributed by atoms with Crippen LogP contribution in [0.15, 0.2) is 34.9 Å². The molecule has 1 fully saturated rings. The number of nitrogens with zero attached hydrogens (tertiary/aromatic N) is 1. The van der Waals surface area contributed by atoms with Crippen LogP contribution in [0.25, 0.3) is 0 Å². The molecule has 1 aromatic carbocycles. The minimum atomic E-state index is 0.361. The van der Waals surface area contributed by atoms with Crippen LogP contribution in [-0.2, 0) is 11.3 Å². The normalized spacial score (nSPS) is 18.7. The first-order valence-electron chi connectivity index (χ1n) is 6.53. The quantitative estimate of drug-likeness (QED) is 0.846. The second kappa shape index (κ2) is 5.45. The molecule has 0 amide bonds. The van der Waals surface area contributed by atoms with Gasteiger partial charge in [-0.15, -0.1) is 0 Å². The van der Waals surface area contributed by atoms with Crippen molar-refractivity contribution in [3.05, 3.63) is 47.7 Å². The Labute approximate surface area is 112 Å². The van der Waals surface area contributed by atoms with Gasteiger partial charge in [-0.2, -0.15) is 0 Å². The monoisotopic (exact) mass is 259 g/mol. The van der Waals surface area contributed by atoms with E-state index in [-0.39, 0.29) is 0 Å². The first-order chi connectivity index (χ1) is 9.31. The van der Waals surface area contributed by atoms with Crippen LogP contribution in [-0.4, -0.2) is 18.2 Å². The molecule has 1 aromatic heterocycles. The predicted octanol–water partition coefficient (Wildman–Crippen LogP) is 3.07. The summed E-state index contributed by atoms with van der Waals surface area (Å²) in [4.78, 5) is 4.10. The zero-order valence-corrected chi connectivity index (χ0v) is 11.0. The summed E-state index contributed by atoms with van der Waals surface area (Å²) >= 11 is 0. The Morgan fingerprint density at radius 3 is 2.79 bits per heavy atom. The van der Waals surface area contributed by atoms with Crippen LogP contribution < -0.4 is 4.74 Å². The van der Waals surface area contributed by atoms with Crippen LogP contribution in [0.3, 0.4) is 0 Å². The van der Waals surface area contributed by atoms with Crippen molar-refractivity contribution in [1.82, 2.24) is 4.98 Å². The van der Waals surface area contributed by atoms with Gasteiger partial charge in [0.15, 0.2) is 6.61 Å². The van der Waals surface area contributed by atoms with Crippen LogP contribution in [0.5, 0.6) is 5.75 Å². The van der Waals surface area contributed by atoms with Crippen molar-refractivity contribution >= 4 is 0 Å². The molecule has 0 radical (unpaired) electrons. The van der Waals surface area contributed by atoms with Gasteiger partial charge in [0.25, 0.3) is 0 Å². The van der Waals surface area contributed by atoms with E-state index in [1.807, 2.05) is 19.1 Å². The Kier molecular flexibility index (Phi) is 3.51. The fourth-order valence-electron chi connectivity index (χ4n) is 2.25. The van der Waals surface area contributed by atoms with E-state index in [0.717, 1.165) is 31.1 Å². The van der Waals surface area contributed by atoms with Gasteiger partial charge in [0.1, 0.15) is 11.5 Å². The van der Waals surface area contributed by atoms with Gasteiger partial charge in [0.05, 0.1) is 12.8 Å². The molecule has 0 unspecified atom stereocenters. The topological polar surface area (TPSA) is 44.5 Å². The number of benzene rings is 1. The summed E-state index contributed by atoms with van der Waals surface area (Å²) in [6, 6.07) is 8.19. The number of hydrogen-bond acceptors (Lipinski definition) is 4. The largest absolute Gasteiger partial charge is 0.484 e. The van der Waals surface area contributed by atoms with Crippen molar-refractivity contribution in [2.45, 2.75) is 25.9 Å². The fourth-order valence-corrected chi connectivity index (χ4v) is 2.25. The highest BCUT2D eigenvalue weighted by Gasteiger charge is 2.17. The number of ether oxygens (including phenoxy) is 2. The first-order valence-corrected chi connectivity index (χ1v) is 6.53. The first kappa shape index (κ1) is 12.2. The SMILES string of the molecule is Cc1cnc(COc2ccc([C@H]3CCOC3)cc2)o1. The lowest BCUT2D eigenvalue weighted by Gasteiger charge is -2.09. The molecule has 2 heterocycles. The summed E-state index contributed by atoms with van der Waals surface area (Å²) < 4.78 is 16.4. The minimum Gasteiger partial charge on any atom is -0.484 e. The van der Waals surface area contributed by atoms with Crippen LogP contribution in [0.2, 0.25) is 0 Å². The van der Waals surface area contributed by atoms with Crippen molar-refractivity contribution in [2.75, 3.05) is 13.2 Å². The molecule has 19 heavy (non-hydrogen) atoms. The summed E-state index contributed by atoms with van der Waals surface area (Å²) in [5, 5.41) is 0. The molecule has 0 saturated carbocycles. The molecular weight excluding hydrogens is 242 g/mol. The lowest BCUT2D eigenvalue weighted by molar-refractivity contribution is 0.194. The van der Waals surface area contributed by atoms with Crippen molar-refractivity contribution in [3.63, 3.8) is 0 Å². The molecule has 4 heteroatoms. The summed E-state index contributed by atoms with van der Waals surface area (Å²) in [6.45, 7) is 3.93. The Morgan fingerprint density at radius 1 is 1.32 bits per heavy atom. The molecule has 0 spiro atoms. The maximum absolute atomic E-state index is 5.64. The van der Waals surface area contributed by atoms with Crippen LogP contribution in [0, 0.1) is 6.92 Å². The van der Waals surface area contributed by atoms with Crippen LogP contribution in [0.4, 0.5) is 0 Å². The third kappa shape index (κ3) is 2.96. The maximum Gasteiger partial charge on any atom is 0.232 e. The van der Waals surface area contributed by atoms with E-state index in [1.54, 1.807) is 6.20 Å². The van der Waals surface area contributed by atoms with E-state index in [2.05, 4.69) is 17.1 Å². The van der Waals surface area contributed by atoms with E-state index in [0.29, 0.717) is 18.4 Å². The number of hydrogen-bond donors (Lipinski definition) is 0. The van der Waals surface area contributed by atoms with E-state index in [1.165, 1.54) is 5.56 Å². The molecule has 0 bridgehead atoms. The smallest absolute Gasteiger partial charge is 0.232 e. The number of rotatable bonds is 4. The predicted molar refractivity (Wildman–Crippen MR) is 70.2 cm³/mol. The molecule has 1 aliphatic rings. The Hall–Kier alpha value is -1.81. The zero-order chi connectivity index (χ0) is 13.1. The van der Waals surface area contributed by atoms with E-state index < -0.39 is 0 Å². The second-order valence-corrected chi connectivity index (χ2v) is 4.78. The molecule has 4 nitrogen and oxygen atoms in total. The number of aromatic nitrogens is 1. The van der Waals surface area contributed by atoms with Gasteiger partial charge >= 0.3 is 0 Å². The highest BCUT2D eigenvalue weighted by molar-refractivity contribution is 5.29. The lowest BCUT2D eigenvalue weighted by atomic mass is 9.99. The zero-order valence-electron chi connectivity index (χ0n) is 11.0. The Morgan fingerprint density at radius 2 is 2.16 bits per heavy atom. The molecule has 1 saturated heterocycles. The maximum atomic E-state index is 5.64. The van der Waals surface area contributed by atoms with E-state index in [9.17, 15) is 0 Å². The summed E-state index contributed by atoms with van der Waals surface area (Å²) in [5.41, 5.74) is 1.32. The van der Waals surface area contributed by atoms with E-state index in [4.69, 9.17) is 13.9 Å². The summed E-state index contributed by atoms with van der Waals surface area (Å²) in [5.74, 6) is 2.77. The molecule has 3 rings (SSSR count). The molecule has 0 N–H and O–H groups in total. The highest BCUT2D eigenvalue weighted by Crippen LogP contribution is 2.26. The third-order valence-electron chi connectivity index (χ3n) is 3.31. The molecule has 1 aliphatic heterocycles. The third-order valence-corrected chi connectivity index (χ3v) is 3.31. The fraction of sp³-hybridized carbons (Fsp3) is 0.400. The van der Waals surface area contributed by atoms with Crippen molar-refractivity contribution in [2.24, 2.45) is 0 Å². The van der Waals surface area contributed by atoms with Crippen molar-refractivity contribution in [1.29, 1.82) is 0 Å². The number of aryl methyl sites for hydroxylation is 1. The van der Waals surface area contributed by atoms with Gasteiger partial charge in [-0.25, -0.2) is 4.98 Å². The Bertz CT molecular complexity index is 527.